The van der Waals surface area contributed by atoms with Gasteiger partial charge in [-0.25, -0.2) is 4.79 Å². The summed E-state index contributed by atoms with van der Waals surface area (Å²) in [6.07, 6.45) is -0.388. The van der Waals surface area contributed by atoms with E-state index in [0.717, 1.165) is 5.56 Å². The van der Waals surface area contributed by atoms with Crippen LogP contribution in [-0.2, 0) is 25.5 Å². The first-order chi connectivity index (χ1) is 14.7. The molecular formula is C21H30N4O6. The molecule has 10 nitrogen and oxygen atoms in total. The van der Waals surface area contributed by atoms with Gasteiger partial charge < -0.3 is 24.6 Å². The number of methoxy groups -OCH3 is 1. The van der Waals surface area contributed by atoms with Gasteiger partial charge in [0, 0.05) is 11.3 Å². The summed E-state index contributed by atoms with van der Waals surface area (Å²) in [4.78, 5) is 27.3. The summed E-state index contributed by atoms with van der Waals surface area (Å²) in [7, 11) is 1.23. The van der Waals surface area contributed by atoms with Crippen molar-refractivity contribution in [3.63, 3.8) is 0 Å². The SMILES string of the molecule is C=C(C)OCC(CO)Oc1ccc(C[C@H](NC(=O)[C@@H](N=[N+]=[N-])C(C)C)C(=O)OC)cc1. The Morgan fingerprint density at radius 3 is 2.42 bits per heavy atom. The van der Waals surface area contributed by atoms with Gasteiger partial charge in [0.15, 0.2) is 6.10 Å². The zero-order chi connectivity index (χ0) is 23.4. The number of aliphatic hydroxyl groups excluding tert-OH is 1. The molecule has 31 heavy (non-hydrogen) atoms. The normalized spacial score (nSPS) is 13.4. The number of azide groups is 1. The second kappa shape index (κ2) is 13.1. The molecule has 1 rings (SSSR count). The van der Waals surface area contributed by atoms with Gasteiger partial charge in [0.1, 0.15) is 24.4 Å². The summed E-state index contributed by atoms with van der Waals surface area (Å²) in [6, 6.07) is 4.95. The highest BCUT2D eigenvalue weighted by atomic mass is 16.5. The summed E-state index contributed by atoms with van der Waals surface area (Å²) < 4.78 is 15.7. The van der Waals surface area contributed by atoms with Gasteiger partial charge in [0.2, 0.25) is 5.91 Å². The molecule has 1 amide bonds. The van der Waals surface area contributed by atoms with Crippen molar-refractivity contribution in [2.75, 3.05) is 20.3 Å². The third-order valence-corrected chi connectivity index (χ3v) is 4.26. The van der Waals surface area contributed by atoms with E-state index in [2.05, 4.69) is 21.9 Å². The van der Waals surface area contributed by atoms with Crippen molar-refractivity contribution in [3.05, 3.63) is 52.6 Å². The van der Waals surface area contributed by atoms with Crippen LogP contribution in [0, 0.1) is 5.92 Å². The number of benzene rings is 1. The number of hydrogen-bond acceptors (Lipinski definition) is 7. The van der Waals surface area contributed by atoms with Crippen molar-refractivity contribution in [1.82, 2.24) is 5.32 Å². The number of nitrogens with one attached hydrogen (secondary N) is 1. The largest absolute Gasteiger partial charge is 0.495 e. The number of carbonyl (C=O) groups is 2. The molecule has 0 radical (unpaired) electrons. The molecule has 1 aromatic carbocycles. The highest BCUT2D eigenvalue weighted by Gasteiger charge is 2.27. The van der Waals surface area contributed by atoms with Crippen molar-refractivity contribution >= 4 is 11.9 Å². The van der Waals surface area contributed by atoms with E-state index >= 15 is 0 Å². The number of hydrogen-bond donors (Lipinski definition) is 2. The van der Waals surface area contributed by atoms with E-state index in [9.17, 15) is 14.7 Å². The number of ether oxygens (including phenoxy) is 3. The molecule has 0 heterocycles. The second-order valence-electron chi connectivity index (χ2n) is 7.26. The lowest BCUT2D eigenvalue weighted by atomic mass is 10.0. The Kier molecular flexibility index (Phi) is 10.9. The number of nitrogens with zero attached hydrogens (tertiary/aromatic N) is 3. The minimum atomic E-state index is -0.950. The van der Waals surface area contributed by atoms with Crippen LogP contribution >= 0.6 is 0 Å². The summed E-state index contributed by atoms with van der Waals surface area (Å²) in [5, 5.41) is 15.5. The smallest absolute Gasteiger partial charge is 0.328 e. The van der Waals surface area contributed by atoms with Crippen molar-refractivity contribution in [2.24, 2.45) is 11.0 Å². The Hall–Kier alpha value is -3.23. The van der Waals surface area contributed by atoms with E-state index in [4.69, 9.17) is 19.7 Å². The van der Waals surface area contributed by atoms with Crippen LogP contribution in [0.4, 0.5) is 0 Å². The quantitative estimate of drug-likeness (QED) is 0.161. The number of carbonyl (C=O) groups excluding carboxylic acids is 2. The van der Waals surface area contributed by atoms with Gasteiger partial charge in [0.25, 0.3) is 0 Å². The molecule has 0 aliphatic carbocycles. The average Bonchev–Trinajstić information content (AvgIpc) is 2.74. The van der Waals surface area contributed by atoms with E-state index in [0.29, 0.717) is 11.5 Å². The van der Waals surface area contributed by atoms with Crippen LogP contribution in [0.2, 0.25) is 0 Å². The Balaban J connectivity index is 2.85. The second-order valence-corrected chi connectivity index (χ2v) is 7.26. The number of esters is 1. The molecule has 0 aliphatic rings. The lowest BCUT2D eigenvalue weighted by molar-refractivity contribution is -0.145. The Morgan fingerprint density at radius 1 is 1.29 bits per heavy atom. The first kappa shape index (κ1) is 25.8. The predicted octanol–water partition coefficient (Wildman–Crippen LogP) is 2.51. The van der Waals surface area contributed by atoms with Crippen molar-refractivity contribution in [1.29, 1.82) is 0 Å². The molecule has 0 saturated carbocycles. The van der Waals surface area contributed by atoms with Gasteiger partial charge >= 0.3 is 5.97 Å². The van der Waals surface area contributed by atoms with Crippen molar-refractivity contribution in [2.45, 2.75) is 45.4 Å². The molecule has 1 unspecified atom stereocenters. The van der Waals surface area contributed by atoms with Crippen molar-refractivity contribution < 1.29 is 28.9 Å². The molecule has 0 saturated heterocycles. The predicted molar refractivity (Wildman–Crippen MR) is 114 cm³/mol. The molecule has 10 heteroatoms. The molecular weight excluding hydrogens is 404 g/mol. The van der Waals surface area contributed by atoms with Gasteiger partial charge in [0.05, 0.1) is 19.5 Å². The lowest BCUT2D eigenvalue weighted by Gasteiger charge is -2.21. The molecule has 0 bridgehead atoms. The van der Waals surface area contributed by atoms with E-state index in [1.807, 2.05) is 0 Å². The van der Waals surface area contributed by atoms with Crippen molar-refractivity contribution in [3.8, 4) is 5.75 Å². The maximum absolute atomic E-state index is 12.5. The molecule has 0 aromatic heterocycles. The maximum Gasteiger partial charge on any atom is 0.328 e. The maximum atomic E-state index is 12.5. The highest BCUT2D eigenvalue weighted by Crippen LogP contribution is 2.16. The summed E-state index contributed by atoms with van der Waals surface area (Å²) >= 11 is 0. The molecule has 170 valence electrons. The third kappa shape index (κ3) is 8.98. The Bertz CT molecular complexity index is 790. The van der Waals surface area contributed by atoms with Crippen LogP contribution in [0.25, 0.3) is 10.4 Å². The number of allylic oxidation sites excluding steroid dienone is 1. The molecule has 1 aromatic rings. The molecule has 2 N–H and O–H groups in total. The summed E-state index contributed by atoms with van der Waals surface area (Å²) in [6.45, 7) is 8.75. The fraction of sp³-hybridized carbons (Fsp3) is 0.524. The van der Waals surface area contributed by atoms with E-state index in [-0.39, 0.29) is 25.6 Å². The molecule has 0 aliphatic heterocycles. The molecule has 0 fully saturated rings. The molecule has 0 spiro atoms. The van der Waals surface area contributed by atoms with Gasteiger partial charge in [-0.3, -0.25) is 4.79 Å². The fourth-order valence-corrected chi connectivity index (χ4v) is 2.63. The summed E-state index contributed by atoms with van der Waals surface area (Å²) in [5.41, 5.74) is 9.42. The summed E-state index contributed by atoms with van der Waals surface area (Å²) in [5.74, 6) is -0.372. The number of amides is 1. The minimum Gasteiger partial charge on any atom is -0.495 e. The molecule has 3 atom stereocenters. The highest BCUT2D eigenvalue weighted by molar-refractivity contribution is 5.88. The van der Waals surface area contributed by atoms with E-state index in [1.165, 1.54) is 7.11 Å². The lowest BCUT2D eigenvalue weighted by Crippen LogP contribution is -2.47. The van der Waals surface area contributed by atoms with Crippen LogP contribution in [-0.4, -0.2) is 55.5 Å². The Morgan fingerprint density at radius 2 is 1.94 bits per heavy atom. The van der Waals surface area contributed by atoms with E-state index in [1.54, 1.807) is 45.0 Å². The van der Waals surface area contributed by atoms with Gasteiger partial charge in [-0.2, -0.15) is 0 Å². The number of aliphatic hydroxyl groups is 1. The monoisotopic (exact) mass is 434 g/mol. The van der Waals surface area contributed by atoms with Crippen LogP contribution in [0.5, 0.6) is 5.75 Å². The Labute approximate surface area is 181 Å². The van der Waals surface area contributed by atoms with E-state index < -0.39 is 30.1 Å². The first-order valence-electron chi connectivity index (χ1n) is 9.78. The van der Waals surface area contributed by atoms with Crippen LogP contribution in [0.15, 0.2) is 41.7 Å². The van der Waals surface area contributed by atoms with Crippen LogP contribution < -0.4 is 10.1 Å². The minimum absolute atomic E-state index is 0.159. The van der Waals surface area contributed by atoms with Gasteiger partial charge in [-0.15, -0.1) is 0 Å². The third-order valence-electron chi connectivity index (χ3n) is 4.26. The standard InChI is InChI=1S/C21H30N4O6/c1-13(2)19(24-25-22)20(27)23-18(21(28)29-5)10-15-6-8-16(9-7-15)31-17(11-26)12-30-14(3)4/h6-9,13,17-19,26H,3,10-12H2,1-2,4-5H3,(H,23,27)/t17?,18-,19-/m0/s1. The zero-order valence-corrected chi connectivity index (χ0v) is 18.3. The topological polar surface area (TPSA) is 143 Å². The number of rotatable bonds is 13. The average molecular weight is 434 g/mol. The van der Waals surface area contributed by atoms with Crippen LogP contribution in [0.1, 0.15) is 26.3 Å². The first-order valence-corrected chi connectivity index (χ1v) is 9.78. The zero-order valence-electron chi connectivity index (χ0n) is 18.3. The van der Waals surface area contributed by atoms with Crippen LogP contribution in [0.3, 0.4) is 0 Å². The van der Waals surface area contributed by atoms with Gasteiger partial charge in [-0.05, 0) is 36.1 Å². The fourth-order valence-electron chi connectivity index (χ4n) is 2.63. The van der Waals surface area contributed by atoms with Gasteiger partial charge in [-0.1, -0.05) is 37.7 Å².